The van der Waals surface area contributed by atoms with Crippen molar-refractivity contribution in [3.8, 4) is 0 Å². The van der Waals surface area contributed by atoms with E-state index in [-0.39, 0.29) is 16.8 Å². The van der Waals surface area contributed by atoms with Gasteiger partial charge >= 0.3 is 0 Å². The first-order valence-corrected chi connectivity index (χ1v) is 4.31. The summed E-state index contributed by atoms with van der Waals surface area (Å²) in [6.07, 6.45) is 0.933. The van der Waals surface area contributed by atoms with E-state index in [2.05, 4.69) is 6.92 Å². The van der Waals surface area contributed by atoms with E-state index in [0.717, 1.165) is 12.0 Å². The minimum absolute atomic E-state index is 0.176. The van der Waals surface area contributed by atoms with Gasteiger partial charge in [-0.3, -0.25) is 0 Å². The lowest BCUT2D eigenvalue weighted by atomic mass is 9.99. The maximum atomic E-state index is 12.7. The maximum absolute atomic E-state index is 12.7. The number of rotatable bonds is 2. The highest BCUT2D eigenvalue weighted by molar-refractivity contribution is 6.30. The van der Waals surface area contributed by atoms with Gasteiger partial charge in [-0.05, 0) is 37.0 Å². The van der Waals surface area contributed by atoms with Crippen molar-refractivity contribution in [2.75, 3.05) is 0 Å². The van der Waals surface area contributed by atoms with Crippen LogP contribution in [-0.4, -0.2) is 0 Å². The molecule has 0 saturated heterocycles. The second-order valence-corrected chi connectivity index (χ2v) is 3.19. The first-order chi connectivity index (χ1) is 5.65. The lowest BCUT2D eigenvalue weighted by molar-refractivity contribution is 0.626. The number of benzene rings is 1. The van der Waals surface area contributed by atoms with Gasteiger partial charge in [0.25, 0.3) is 0 Å². The maximum Gasteiger partial charge on any atom is 0.141 e. The van der Waals surface area contributed by atoms with Crippen LogP contribution in [0.5, 0.6) is 0 Å². The summed E-state index contributed by atoms with van der Waals surface area (Å²) in [4.78, 5) is 0. The zero-order valence-electron chi connectivity index (χ0n) is 6.98. The number of halogens is 2. The minimum atomic E-state index is -0.372. The summed E-state index contributed by atoms with van der Waals surface area (Å²) in [5, 5.41) is 0.176. The monoisotopic (exact) mass is 185 g/mol. The van der Waals surface area contributed by atoms with E-state index in [9.17, 15) is 4.39 Å². The molecule has 1 unspecified atom stereocenters. The normalized spacial score (nSPS) is 13.0. The third-order valence-corrected chi connectivity index (χ3v) is 2.20. The molecule has 0 aliphatic rings. The summed E-state index contributed by atoms with van der Waals surface area (Å²) in [7, 11) is 0. The topological polar surface area (TPSA) is 0 Å². The van der Waals surface area contributed by atoms with Crippen molar-refractivity contribution in [1.82, 2.24) is 0 Å². The fourth-order valence-electron chi connectivity index (χ4n) is 1.00. The fraction of sp³-hybridized carbons (Fsp3) is 0.300. The Morgan fingerprint density at radius 1 is 1.58 bits per heavy atom. The third kappa shape index (κ3) is 1.98. The highest BCUT2D eigenvalue weighted by Crippen LogP contribution is 2.23. The molecule has 0 nitrogen and oxygen atoms in total. The van der Waals surface area contributed by atoms with Gasteiger partial charge in [-0.15, -0.1) is 0 Å². The molecule has 0 saturated carbocycles. The van der Waals surface area contributed by atoms with Gasteiger partial charge < -0.3 is 0 Å². The Hall–Kier alpha value is -0.560. The molecule has 1 radical (unpaired) electrons. The summed E-state index contributed by atoms with van der Waals surface area (Å²) in [5.74, 6) is -0.174. The Morgan fingerprint density at radius 2 is 2.25 bits per heavy atom. The van der Waals surface area contributed by atoms with Crippen LogP contribution in [0.1, 0.15) is 24.8 Å². The van der Waals surface area contributed by atoms with Gasteiger partial charge in [0.15, 0.2) is 0 Å². The number of hydrogen-bond donors (Lipinski definition) is 0. The molecule has 0 spiro atoms. The predicted molar refractivity (Wildman–Crippen MR) is 49.8 cm³/mol. The van der Waals surface area contributed by atoms with Gasteiger partial charge in [0.05, 0.1) is 5.02 Å². The van der Waals surface area contributed by atoms with Gasteiger partial charge in [0.2, 0.25) is 0 Å². The average molecular weight is 186 g/mol. The molecule has 1 aromatic carbocycles. The van der Waals surface area contributed by atoms with Gasteiger partial charge in [-0.1, -0.05) is 24.6 Å². The Labute approximate surface area is 77.4 Å². The quantitative estimate of drug-likeness (QED) is 0.658. The van der Waals surface area contributed by atoms with E-state index in [0.29, 0.717) is 0 Å². The van der Waals surface area contributed by atoms with Crippen LogP contribution in [0, 0.1) is 12.7 Å². The smallest absolute Gasteiger partial charge is 0.141 e. The average Bonchev–Trinajstić information content (AvgIpc) is 2.08. The van der Waals surface area contributed by atoms with E-state index < -0.39 is 0 Å². The molecule has 12 heavy (non-hydrogen) atoms. The summed E-state index contributed by atoms with van der Waals surface area (Å²) in [5.41, 5.74) is 0.990. The van der Waals surface area contributed by atoms with Crippen LogP contribution in [0.15, 0.2) is 18.2 Å². The fourth-order valence-corrected chi connectivity index (χ4v) is 1.19. The van der Waals surface area contributed by atoms with E-state index >= 15 is 0 Å². The zero-order chi connectivity index (χ0) is 9.14. The van der Waals surface area contributed by atoms with Crippen LogP contribution in [0.4, 0.5) is 4.39 Å². The first-order valence-electron chi connectivity index (χ1n) is 3.93. The lowest BCUT2D eigenvalue weighted by Gasteiger charge is -2.08. The van der Waals surface area contributed by atoms with Crippen molar-refractivity contribution in [2.45, 2.75) is 19.3 Å². The molecule has 1 atom stereocenters. The van der Waals surface area contributed by atoms with E-state index in [1.807, 2.05) is 6.92 Å². The third-order valence-electron chi connectivity index (χ3n) is 1.91. The predicted octanol–water partition coefficient (Wildman–Crippen LogP) is 3.81. The highest BCUT2D eigenvalue weighted by Gasteiger charge is 2.05. The molecule has 0 aliphatic heterocycles. The van der Waals surface area contributed by atoms with Crippen LogP contribution in [0.3, 0.4) is 0 Å². The summed E-state index contributed by atoms with van der Waals surface area (Å²) in [6.45, 7) is 5.95. The summed E-state index contributed by atoms with van der Waals surface area (Å²) >= 11 is 5.61. The van der Waals surface area contributed by atoms with Crippen LogP contribution < -0.4 is 0 Å². The van der Waals surface area contributed by atoms with Crippen LogP contribution in [0.2, 0.25) is 5.02 Å². The molecule has 0 fully saturated rings. The molecule has 1 aromatic rings. The van der Waals surface area contributed by atoms with E-state index in [1.165, 1.54) is 6.07 Å². The molecule has 0 amide bonds. The molecule has 65 valence electrons. The van der Waals surface area contributed by atoms with Crippen molar-refractivity contribution in [1.29, 1.82) is 0 Å². The molecular formula is C10H11ClF. The molecule has 0 N–H and O–H groups in total. The minimum Gasteiger partial charge on any atom is -0.205 e. The van der Waals surface area contributed by atoms with Gasteiger partial charge in [-0.25, -0.2) is 4.39 Å². The Morgan fingerprint density at radius 3 is 2.75 bits per heavy atom. The highest BCUT2D eigenvalue weighted by atomic mass is 35.5. The van der Waals surface area contributed by atoms with Crippen LogP contribution >= 0.6 is 11.6 Å². The molecule has 2 heteroatoms. The largest absolute Gasteiger partial charge is 0.205 e. The lowest BCUT2D eigenvalue weighted by Crippen LogP contribution is -1.91. The molecule has 1 rings (SSSR count). The second-order valence-electron chi connectivity index (χ2n) is 2.78. The van der Waals surface area contributed by atoms with Crippen molar-refractivity contribution >= 4 is 11.6 Å². The number of hydrogen-bond acceptors (Lipinski definition) is 0. The van der Waals surface area contributed by atoms with Crippen molar-refractivity contribution in [2.24, 2.45) is 0 Å². The first kappa shape index (κ1) is 9.53. The van der Waals surface area contributed by atoms with Crippen molar-refractivity contribution < 1.29 is 4.39 Å². The van der Waals surface area contributed by atoms with Crippen molar-refractivity contribution in [3.05, 3.63) is 41.5 Å². The van der Waals surface area contributed by atoms with Gasteiger partial charge in [0.1, 0.15) is 5.82 Å². The van der Waals surface area contributed by atoms with E-state index in [1.54, 1.807) is 12.1 Å². The van der Waals surface area contributed by atoms with Crippen LogP contribution in [0.25, 0.3) is 0 Å². The Balaban J connectivity index is 2.96. The SMILES string of the molecule is [CH2]C(CC)c1ccc(F)c(Cl)c1. The van der Waals surface area contributed by atoms with Gasteiger partial charge in [0, 0.05) is 0 Å². The Bertz CT molecular complexity index is 271. The second kappa shape index (κ2) is 3.90. The Kier molecular flexibility index (Phi) is 3.10. The molecule has 0 aromatic heterocycles. The van der Waals surface area contributed by atoms with E-state index in [4.69, 9.17) is 11.6 Å². The van der Waals surface area contributed by atoms with Crippen LogP contribution in [-0.2, 0) is 0 Å². The summed E-state index contributed by atoms with van der Waals surface area (Å²) < 4.78 is 12.7. The summed E-state index contributed by atoms with van der Waals surface area (Å²) in [6, 6.07) is 4.74. The molecule has 0 heterocycles. The van der Waals surface area contributed by atoms with Crippen molar-refractivity contribution in [3.63, 3.8) is 0 Å². The standard InChI is InChI=1S/C10H11ClF/c1-3-7(2)8-4-5-10(12)9(11)6-8/h4-7H,2-3H2,1H3. The molecule has 0 aliphatic carbocycles. The molecular weight excluding hydrogens is 175 g/mol. The molecule has 0 bridgehead atoms. The van der Waals surface area contributed by atoms with Gasteiger partial charge in [-0.2, -0.15) is 0 Å². The zero-order valence-corrected chi connectivity index (χ0v) is 7.74.